The fraction of sp³-hybridized carbons (Fsp3) is 0.400. The van der Waals surface area contributed by atoms with E-state index < -0.39 is 6.36 Å². The third kappa shape index (κ3) is 3.37. The van der Waals surface area contributed by atoms with Gasteiger partial charge < -0.3 is 4.74 Å². The second kappa shape index (κ2) is 6.36. The predicted octanol–water partition coefficient (Wildman–Crippen LogP) is 5.43. The fourth-order valence-electron chi connectivity index (χ4n) is 4.19. The van der Waals surface area contributed by atoms with Gasteiger partial charge in [0.05, 0.1) is 0 Å². The maximum atomic E-state index is 12.5. The summed E-state index contributed by atoms with van der Waals surface area (Å²) in [5.41, 5.74) is 3.36. The smallest absolute Gasteiger partial charge is 0.406 e. The molecular weight excluding hydrogens is 327 g/mol. The SMILES string of the molecule is FC(F)(F)Oc1cccc([C]2CCC2C2CCCc3cccnc32)c1. The number of aromatic nitrogens is 1. The van der Waals surface area contributed by atoms with E-state index in [0.29, 0.717) is 11.8 Å². The molecule has 2 unspecified atom stereocenters. The fourth-order valence-corrected chi connectivity index (χ4v) is 4.19. The Morgan fingerprint density at radius 3 is 2.64 bits per heavy atom. The van der Waals surface area contributed by atoms with Crippen LogP contribution in [0.5, 0.6) is 5.75 Å². The lowest BCUT2D eigenvalue weighted by molar-refractivity contribution is -0.274. The van der Waals surface area contributed by atoms with Crippen LogP contribution >= 0.6 is 0 Å². The Balaban J connectivity index is 1.56. The van der Waals surface area contributed by atoms with Crippen molar-refractivity contribution in [3.05, 3.63) is 65.3 Å². The molecule has 1 saturated carbocycles. The van der Waals surface area contributed by atoms with Gasteiger partial charge in [-0.05, 0) is 67.3 Å². The summed E-state index contributed by atoms with van der Waals surface area (Å²) in [6.07, 6.45) is 2.49. The molecule has 0 amide bonds. The normalized spacial score (nSPS) is 23.6. The lowest BCUT2D eigenvalue weighted by Crippen LogP contribution is -2.33. The topological polar surface area (TPSA) is 22.1 Å². The molecule has 2 aliphatic carbocycles. The zero-order valence-electron chi connectivity index (χ0n) is 13.7. The average Bonchev–Trinajstić information content (AvgIpc) is 2.53. The summed E-state index contributed by atoms with van der Waals surface area (Å²) >= 11 is 0. The molecule has 1 heterocycles. The van der Waals surface area contributed by atoms with E-state index in [4.69, 9.17) is 0 Å². The molecule has 1 radical (unpaired) electrons. The van der Waals surface area contributed by atoms with E-state index in [9.17, 15) is 13.2 Å². The van der Waals surface area contributed by atoms with Gasteiger partial charge >= 0.3 is 6.36 Å². The minimum absolute atomic E-state index is 0.148. The largest absolute Gasteiger partial charge is 0.573 e. The first-order chi connectivity index (χ1) is 12.0. The highest BCUT2D eigenvalue weighted by Crippen LogP contribution is 2.52. The van der Waals surface area contributed by atoms with E-state index >= 15 is 0 Å². The van der Waals surface area contributed by atoms with E-state index in [1.54, 1.807) is 6.07 Å². The van der Waals surface area contributed by atoms with Gasteiger partial charge in [0, 0.05) is 23.7 Å². The van der Waals surface area contributed by atoms with Crippen LogP contribution in [0.15, 0.2) is 42.6 Å². The lowest BCUT2D eigenvalue weighted by atomic mass is 9.61. The first-order valence-corrected chi connectivity index (χ1v) is 8.67. The van der Waals surface area contributed by atoms with Crippen molar-refractivity contribution >= 4 is 0 Å². The Bertz CT molecular complexity index is 759. The van der Waals surface area contributed by atoms with Crippen LogP contribution in [0.3, 0.4) is 0 Å². The van der Waals surface area contributed by atoms with E-state index in [0.717, 1.165) is 37.7 Å². The Kier molecular flexibility index (Phi) is 4.18. The van der Waals surface area contributed by atoms with Gasteiger partial charge in [0.25, 0.3) is 0 Å². The third-order valence-electron chi connectivity index (χ3n) is 5.33. The zero-order chi connectivity index (χ0) is 17.4. The Labute approximate surface area is 145 Å². The molecule has 1 aromatic carbocycles. The van der Waals surface area contributed by atoms with Crippen LogP contribution in [0.1, 0.15) is 48.4 Å². The Morgan fingerprint density at radius 2 is 1.88 bits per heavy atom. The monoisotopic (exact) mass is 346 g/mol. The number of hydrogen-bond donors (Lipinski definition) is 0. The van der Waals surface area contributed by atoms with Crippen molar-refractivity contribution in [2.24, 2.45) is 5.92 Å². The predicted molar refractivity (Wildman–Crippen MR) is 88.1 cm³/mol. The molecule has 2 nitrogen and oxygen atoms in total. The highest BCUT2D eigenvalue weighted by Gasteiger charge is 2.41. The molecule has 2 aliphatic rings. The summed E-state index contributed by atoms with van der Waals surface area (Å²) in [5, 5.41) is 0. The highest BCUT2D eigenvalue weighted by atomic mass is 19.4. The minimum Gasteiger partial charge on any atom is -0.406 e. The number of nitrogens with zero attached hydrogens (tertiary/aromatic N) is 1. The van der Waals surface area contributed by atoms with Crippen LogP contribution in [0, 0.1) is 11.8 Å². The number of rotatable bonds is 3. The quantitative estimate of drug-likeness (QED) is 0.739. The van der Waals surface area contributed by atoms with Crippen molar-refractivity contribution in [3.63, 3.8) is 0 Å². The Morgan fingerprint density at radius 1 is 1.00 bits per heavy atom. The number of alkyl halides is 3. The molecule has 0 bridgehead atoms. The number of halogens is 3. The Hall–Kier alpha value is -2.04. The van der Waals surface area contributed by atoms with Gasteiger partial charge in [-0.3, -0.25) is 4.98 Å². The second-order valence-corrected chi connectivity index (χ2v) is 6.79. The number of hydrogen-bond acceptors (Lipinski definition) is 2. The number of benzene rings is 1. The van der Waals surface area contributed by atoms with Crippen LogP contribution in [0.4, 0.5) is 13.2 Å². The standard InChI is InChI=1S/C20H19F3NO/c21-20(22,23)25-15-7-1-5-14(12-15)16-9-10-17(16)18-8-2-4-13-6-3-11-24-19(13)18/h1,3,5-7,11-12,17-18H,2,4,8-10H2. The minimum atomic E-state index is -4.66. The van der Waals surface area contributed by atoms with E-state index in [1.807, 2.05) is 18.3 Å². The van der Waals surface area contributed by atoms with Gasteiger partial charge in [0.15, 0.2) is 0 Å². The molecule has 1 aromatic heterocycles. The summed E-state index contributed by atoms with van der Waals surface area (Å²) in [7, 11) is 0. The summed E-state index contributed by atoms with van der Waals surface area (Å²) in [6, 6.07) is 10.5. The van der Waals surface area contributed by atoms with Gasteiger partial charge in [-0.15, -0.1) is 13.2 Å². The number of aryl methyl sites for hydroxylation is 1. The first kappa shape index (κ1) is 16.4. The van der Waals surface area contributed by atoms with Crippen molar-refractivity contribution in [2.75, 3.05) is 0 Å². The maximum Gasteiger partial charge on any atom is 0.573 e. The molecule has 2 atom stereocenters. The molecule has 0 N–H and O–H groups in total. The summed E-state index contributed by atoms with van der Waals surface area (Å²) in [4.78, 5) is 4.61. The van der Waals surface area contributed by atoms with Crippen LogP contribution in [0.25, 0.3) is 0 Å². The van der Waals surface area contributed by atoms with Gasteiger partial charge in [0.2, 0.25) is 0 Å². The molecular formula is C20H19F3NO. The molecule has 4 rings (SSSR count). The number of ether oxygens (including phenoxy) is 1. The summed E-state index contributed by atoms with van der Waals surface area (Å²) < 4.78 is 41.5. The van der Waals surface area contributed by atoms with Crippen molar-refractivity contribution in [2.45, 2.75) is 44.4 Å². The van der Waals surface area contributed by atoms with Crippen molar-refractivity contribution < 1.29 is 17.9 Å². The summed E-state index contributed by atoms with van der Waals surface area (Å²) in [5.74, 6) is 1.83. The lowest BCUT2D eigenvalue weighted by Gasteiger charge is -2.43. The van der Waals surface area contributed by atoms with Crippen LogP contribution in [-0.2, 0) is 6.42 Å². The molecule has 0 spiro atoms. The van der Waals surface area contributed by atoms with Gasteiger partial charge in [-0.25, -0.2) is 0 Å². The van der Waals surface area contributed by atoms with E-state index in [1.165, 1.54) is 29.3 Å². The molecule has 2 aromatic rings. The molecule has 1 fully saturated rings. The van der Waals surface area contributed by atoms with Gasteiger partial charge in [-0.1, -0.05) is 18.2 Å². The third-order valence-corrected chi connectivity index (χ3v) is 5.33. The first-order valence-electron chi connectivity index (χ1n) is 8.67. The van der Waals surface area contributed by atoms with Crippen molar-refractivity contribution in [1.29, 1.82) is 0 Å². The van der Waals surface area contributed by atoms with E-state index in [2.05, 4.69) is 15.8 Å². The van der Waals surface area contributed by atoms with Gasteiger partial charge in [-0.2, -0.15) is 0 Å². The van der Waals surface area contributed by atoms with Crippen LogP contribution in [0.2, 0.25) is 0 Å². The molecule has 131 valence electrons. The van der Waals surface area contributed by atoms with Crippen molar-refractivity contribution in [3.8, 4) is 5.75 Å². The van der Waals surface area contributed by atoms with Crippen molar-refractivity contribution in [1.82, 2.24) is 4.98 Å². The molecule has 25 heavy (non-hydrogen) atoms. The number of pyridine rings is 1. The maximum absolute atomic E-state index is 12.5. The van der Waals surface area contributed by atoms with Crippen LogP contribution < -0.4 is 4.74 Å². The zero-order valence-corrected chi connectivity index (χ0v) is 13.7. The molecule has 0 saturated heterocycles. The van der Waals surface area contributed by atoms with E-state index in [-0.39, 0.29) is 5.75 Å². The number of fused-ring (bicyclic) bond motifs is 1. The summed E-state index contributed by atoms with van der Waals surface area (Å²) in [6.45, 7) is 0. The van der Waals surface area contributed by atoms with Crippen LogP contribution in [-0.4, -0.2) is 11.3 Å². The molecule has 5 heteroatoms. The van der Waals surface area contributed by atoms with Gasteiger partial charge in [0.1, 0.15) is 5.75 Å². The highest BCUT2D eigenvalue weighted by molar-refractivity contribution is 5.43. The average molecular weight is 346 g/mol. The molecule has 0 aliphatic heterocycles. The second-order valence-electron chi connectivity index (χ2n) is 6.79.